The van der Waals surface area contributed by atoms with Crippen LogP contribution in [0.3, 0.4) is 0 Å². The van der Waals surface area contributed by atoms with E-state index in [4.69, 9.17) is 14.2 Å². The maximum atomic E-state index is 12.7. The van der Waals surface area contributed by atoms with Gasteiger partial charge < -0.3 is 18.9 Å². The van der Waals surface area contributed by atoms with Crippen molar-refractivity contribution in [2.75, 3.05) is 0 Å². The molecule has 0 aliphatic carbocycles. The third-order valence-corrected chi connectivity index (χ3v) is 5.71. The lowest BCUT2D eigenvalue weighted by Gasteiger charge is -2.30. The quantitative estimate of drug-likeness (QED) is 0.400. The fraction of sp³-hybridized carbons (Fsp3) is 0.824. The summed E-state index contributed by atoms with van der Waals surface area (Å²) in [5.74, 6) is -2.84. The standard InChI is InChI=1S/C17H21F3O7/c1-5-15(3,4)12(21)26-9-8-6-16(11(25-8)10(9)27-14(16)23)13(22)24-7(2)17(18,19)20/h7-11H,5-6H2,1-4H3. The lowest BCUT2D eigenvalue weighted by Crippen LogP contribution is -2.51. The summed E-state index contributed by atoms with van der Waals surface area (Å²) in [7, 11) is 0. The van der Waals surface area contributed by atoms with Gasteiger partial charge in [0, 0.05) is 6.42 Å². The summed E-state index contributed by atoms with van der Waals surface area (Å²) in [6, 6.07) is 0. The van der Waals surface area contributed by atoms with Gasteiger partial charge >= 0.3 is 24.1 Å². The van der Waals surface area contributed by atoms with Crippen LogP contribution in [0.2, 0.25) is 0 Å². The van der Waals surface area contributed by atoms with Crippen molar-refractivity contribution in [3.8, 4) is 0 Å². The Morgan fingerprint density at radius 3 is 2.52 bits per heavy atom. The van der Waals surface area contributed by atoms with Crippen molar-refractivity contribution in [3.05, 3.63) is 0 Å². The molecular formula is C17H21F3O7. The van der Waals surface area contributed by atoms with Crippen molar-refractivity contribution in [1.29, 1.82) is 0 Å². The van der Waals surface area contributed by atoms with Gasteiger partial charge in [-0.1, -0.05) is 6.92 Å². The summed E-state index contributed by atoms with van der Waals surface area (Å²) >= 11 is 0. The second-order valence-corrected chi connectivity index (χ2v) is 7.84. The van der Waals surface area contributed by atoms with Gasteiger partial charge in [0.05, 0.1) is 5.41 Å². The van der Waals surface area contributed by atoms with Gasteiger partial charge in [-0.05, 0) is 27.2 Å². The molecule has 10 heteroatoms. The maximum Gasteiger partial charge on any atom is 0.425 e. The third-order valence-electron chi connectivity index (χ3n) is 5.71. The zero-order valence-electron chi connectivity index (χ0n) is 15.3. The molecule has 6 unspecified atom stereocenters. The van der Waals surface area contributed by atoms with E-state index in [1.165, 1.54) is 0 Å². The first-order valence-electron chi connectivity index (χ1n) is 8.70. The minimum Gasteiger partial charge on any atom is -0.455 e. The van der Waals surface area contributed by atoms with Crippen LogP contribution in [0.15, 0.2) is 0 Å². The van der Waals surface area contributed by atoms with Gasteiger partial charge in [-0.3, -0.25) is 14.4 Å². The van der Waals surface area contributed by atoms with Gasteiger partial charge in [0.2, 0.25) is 0 Å². The van der Waals surface area contributed by atoms with E-state index < -0.39 is 65.4 Å². The minimum atomic E-state index is -4.75. The molecule has 3 aliphatic heterocycles. The zero-order chi connectivity index (χ0) is 20.4. The molecule has 2 bridgehead atoms. The van der Waals surface area contributed by atoms with Crippen LogP contribution >= 0.6 is 0 Å². The van der Waals surface area contributed by atoms with E-state index in [9.17, 15) is 27.6 Å². The molecule has 3 rings (SSSR count). The first kappa shape index (κ1) is 19.9. The summed E-state index contributed by atoms with van der Waals surface area (Å²) in [5.41, 5.74) is -2.71. The van der Waals surface area contributed by atoms with E-state index in [0.717, 1.165) is 0 Å². The van der Waals surface area contributed by atoms with Crippen molar-refractivity contribution in [1.82, 2.24) is 0 Å². The first-order valence-corrected chi connectivity index (χ1v) is 8.70. The van der Waals surface area contributed by atoms with Crippen molar-refractivity contribution < 1.29 is 46.5 Å². The molecule has 0 aromatic heterocycles. The average Bonchev–Trinajstić information content (AvgIpc) is 3.16. The molecule has 0 radical (unpaired) electrons. The average molecular weight is 394 g/mol. The fourth-order valence-corrected chi connectivity index (χ4v) is 3.46. The van der Waals surface area contributed by atoms with Crippen LogP contribution in [0.5, 0.6) is 0 Å². The Bertz CT molecular complexity index is 674. The minimum absolute atomic E-state index is 0.249. The summed E-state index contributed by atoms with van der Waals surface area (Å²) in [6.07, 6.45) is -10.8. The molecule has 152 valence electrons. The van der Waals surface area contributed by atoms with E-state index in [1.807, 2.05) is 6.92 Å². The lowest BCUT2D eigenvalue weighted by molar-refractivity contribution is -0.222. The zero-order valence-corrected chi connectivity index (χ0v) is 15.3. The van der Waals surface area contributed by atoms with E-state index >= 15 is 0 Å². The number of carbonyl (C=O) groups is 3. The fourth-order valence-electron chi connectivity index (χ4n) is 3.46. The highest BCUT2D eigenvalue weighted by Crippen LogP contribution is 2.56. The van der Waals surface area contributed by atoms with Gasteiger partial charge in [-0.15, -0.1) is 0 Å². The first-order chi connectivity index (χ1) is 12.3. The van der Waals surface area contributed by atoms with Crippen molar-refractivity contribution >= 4 is 17.9 Å². The van der Waals surface area contributed by atoms with Gasteiger partial charge in [0.25, 0.3) is 0 Å². The van der Waals surface area contributed by atoms with E-state index in [-0.39, 0.29) is 6.42 Å². The highest BCUT2D eigenvalue weighted by atomic mass is 19.4. The molecule has 0 aromatic carbocycles. The molecule has 0 spiro atoms. The Kier molecular flexibility index (Phi) is 4.48. The number of carbonyl (C=O) groups excluding carboxylic acids is 3. The largest absolute Gasteiger partial charge is 0.455 e. The monoisotopic (exact) mass is 394 g/mol. The van der Waals surface area contributed by atoms with Gasteiger partial charge in [0.1, 0.15) is 12.2 Å². The Hall–Kier alpha value is -1.84. The highest BCUT2D eigenvalue weighted by Gasteiger charge is 2.77. The summed E-state index contributed by atoms with van der Waals surface area (Å²) < 4.78 is 58.8. The van der Waals surface area contributed by atoms with Crippen LogP contribution in [0, 0.1) is 10.8 Å². The predicted molar refractivity (Wildman–Crippen MR) is 81.2 cm³/mol. The molecule has 6 atom stereocenters. The predicted octanol–water partition coefficient (Wildman–Crippen LogP) is 1.91. The SMILES string of the molecule is CCC(C)(C)C(=O)OC1C2CC3(C(=O)OC(C)C(F)(F)F)C(=O)OC1C3O2. The Labute approximate surface area is 153 Å². The van der Waals surface area contributed by atoms with Crippen LogP contribution in [0.1, 0.15) is 40.5 Å². The molecule has 3 aliphatic rings. The number of halogens is 3. The third kappa shape index (κ3) is 2.88. The van der Waals surface area contributed by atoms with Crippen molar-refractivity contribution in [2.24, 2.45) is 10.8 Å². The number of hydrogen-bond donors (Lipinski definition) is 0. The molecule has 27 heavy (non-hydrogen) atoms. The number of alkyl halides is 3. The van der Waals surface area contributed by atoms with Crippen molar-refractivity contribution in [3.63, 3.8) is 0 Å². The summed E-state index contributed by atoms with van der Waals surface area (Å²) in [4.78, 5) is 37.1. The normalized spacial score (nSPS) is 35.7. The second-order valence-electron chi connectivity index (χ2n) is 7.84. The van der Waals surface area contributed by atoms with Gasteiger partial charge in [0.15, 0.2) is 23.7 Å². The van der Waals surface area contributed by atoms with Crippen molar-refractivity contribution in [2.45, 2.75) is 77.2 Å². The molecule has 3 heterocycles. The molecule has 3 saturated heterocycles. The molecular weight excluding hydrogens is 373 g/mol. The smallest absolute Gasteiger partial charge is 0.425 e. The summed E-state index contributed by atoms with van der Waals surface area (Å²) in [5, 5.41) is 0. The highest BCUT2D eigenvalue weighted by molar-refractivity contribution is 6.03. The molecule has 0 amide bonds. The van der Waals surface area contributed by atoms with Crippen LogP contribution < -0.4 is 0 Å². The number of ether oxygens (including phenoxy) is 4. The molecule has 7 nitrogen and oxygen atoms in total. The molecule has 3 fully saturated rings. The molecule has 0 N–H and O–H groups in total. The van der Waals surface area contributed by atoms with E-state index in [2.05, 4.69) is 4.74 Å². The molecule has 0 aromatic rings. The van der Waals surface area contributed by atoms with Crippen LogP contribution in [-0.2, 0) is 33.3 Å². The Balaban J connectivity index is 1.77. The number of rotatable bonds is 5. The van der Waals surface area contributed by atoms with Crippen LogP contribution in [0.25, 0.3) is 0 Å². The Morgan fingerprint density at radius 2 is 1.96 bits per heavy atom. The molecule has 0 saturated carbocycles. The number of hydrogen-bond acceptors (Lipinski definition) is 7. The van der Waals surface area contributed by atoms with E-state index in [0.29, 0.717) is 13.3 Å². The van der Waals surface area contributed by atoms with Gasteiger partial charge in [-0.25, -0.2) is 0 Å². The summed E-state index contributed by atoms with van der Waals surface area (Å²) in [6.45, 7) is 5.89. The van der Waals surface area contributed by atoms with Crippen LogP contribution in [0.4, 0.5) is 13.2 Å². The van der Waals surface area contributed by atoms with Crippen LogP contribution in [-0.4, -0.2) is 54.6 Å². The topological polar surface area (TPSA) is 88.1 Å². The Morgan fingerprint density at radius 1 is 1.33 bits per heavy atom. The number of esters is 3. The maximum absolute atomic E-state index is 12.7. The second kappa shape index (κ2) is 6.08. The van der Waals surface area contributed by atoms with E-state index in [1.54, 1.807) is 13.8 Å². The number of fused-ring (bicyclic) bond motifs is 1. The lowest BCUT2D eigenvalue weighted by atomic mass is 9.74. The van der Waals surface area contributed by atoms with Gasteiger partial charge in [-0.2, -0.15) is 13.2 Å².